The second kappa shape index (κ2) is 8.39. The topological polar surface area (TPSA) is 80.6 Å². The van der Waals surface area contributed by atoms with Gasteiger partial charge in [0, 0.05) is 17.7 Å². The van der Waals surface area contributed by atoms with Gasteiger partial charge in [-0.3, -0.25) is 19.7 Å². The van der Waals surface area contributed by atoms with Crippen molar-refractivity contribution in [2.75, 3.05) is 12.5 Å². The minimum atomic E-state index is -0.938. The Hall–Kier alpha value is -3.61. The van der Waals surface area contributed by atoms with Crippen molar-refractivity contribution in [3.8, 4) is 17.0 Å². The number of hydrogen-bond donors (Lipinski definition) is 2. The fraction of sp³-hybridized carbons (Fsp3) is 0.143. The summed E-state index contributed by atoms with van der Waals surface area (Å²) in [7, 11) is 1.48. The van der Waals surface area contributed by atoms with Crippen LogP contribution in [0, 0.1) is 5.82 Å². The molecule has 0 atom stereocenters. The van der Waals surface area contributed by atoms with Gasteiger partial charge >= 0.3 is 5.97 Å². The van der Waals surface area contributed by atoms with Crippen LogP contribution in [-0.4, -0.2) is 28.8 Å². The molecule has 28 heavy (non-hydrogen) atoms. The minimum absolute atomic E-state index is 0.0859. The van der Waals surface area contributed by atoms with Gasteiger partial charge in [0.1, 0.15) is 11.6 Å². The Morgan fingerprint density at radius 2 is 1.79 bits per heavy atom. The molecule has 2 N–H and O–H groups in total. The molecule has 144 valence electrons. The van der Waals surface area contributed by atoms with Gasteiger partial charge in [0.15, 0.2) is 0 Å². The van der Waals surface area contributed by atoms with E-state index in [9.17, 15) is 14.0 Å². The normalized spacial score (nSPS) is 10.5. The standard InChI is InChI=1S/C21H19FN2O4/c1-28-19-5-3-2-4-17(19)21(27)23-24-16(11-13-20(25)26)10-12-18(24)14-6-8-15(22)9-7-14/h2-10,12H,11,13H2,1H3,(H,23,27)(H,25,26). The van der Waals surface area contributed by atoms with Crippen LogP contribution in [0.25, 0.3) is 11.3 Å². The van der Waals surface area contributed by atoms with Crippen molar-refractivity contribution in [1.29, 1.82) is 0 Å². The highest BCUT2D eigenvalue weighted by Gasteiger charge is 2.17. The number of carboxylic acids is 1. The average molecular weight is 382 g/mol. The number of aromatic nitrogens is 1. The van der Waals surface area contributed by atoms with E-state index in [0.29, 0.717) is 28.3 Å². The first-order valence-corrected chi connectivity index (χ1v) is 8.62. The van der Waals surface area contributed by atoms with E-state index >= 15 is 0 Å². The van der Waals surface area contributed by atoms with Crippen LogP contribution in [0.1, 0.15) is 22.5 Å². The highest BCUT2D eigenvalue weighted by molar-refractivity contribution is 6.02. The zero-order chi connectivity index (χ0) is 20.1. The monoisotopic (exact) mass is 382 g/mol. The van der Waals surface area contributed by atoms with Crippen molar-refractivity contribution in [3.63, 3.8) is 0 Å². The van der Waals surface area contributed by atoms with Crippen LogP contribution < -0.4 is 10.2 Å². The molecule has 1 amide bonds. The molecule has 0 spiro atoms. The molecule has 6 nitrogen and oxygen atoms in total. The summed E-state index contributed by atoms with van der Waals surface area (Å²) < 4.78 is 20.0. The minimum Gasteiger partial charge on any atom is -0.496 e. The molecule has 7 heteroatoms. The van der Waals surface area contributed by atoms with Gasteiger partial charge in [-0.15, -0.1) is 0 Å². The van der Waals surface area contributed by atoms with Crippen molar-refractivity contribution in [2.24, 2.45) is 0 Å². The first kappa shape index (κ1) is 19.2. The lowest BCUT2D eigenvalue weighted by atomic mass is 10.1. The fourth-order valence-corrected chi connectivity index (χ4v) is 2.88. The van der Waals surface area contributed by atoms with Crippen molar-refractivity contribution in [2.45, 2.75) is 12.8 Å². The number of amides is 1. The molecule has 1 heterocycles. The molecule has 0 saturated carbocycles. The second-order valence-corrected chi connectivity index (χ2v) is 6.09. The number of nitrogens with zero attached hydrogens (tertiary/aromatic N) is 1. The number of para-hydroxylation sites is 1. The smallest absolute Gasteiger partial charge is 0.303 e. The Labute approximate surface area is 161 Å². The molecule has 0 aliphatic heterocycles. The summed E-state index contributed by atoms with van der Waals surface area (Å²) >= 11 is 0. The predicted octanol–water partition coefficient (Wildman–Crippen LogP) is 3.70. The molecule has 0 aliphatic rings. The molecule has 0 saturated heterocycles. The molecule has 1 aromatic heterocycles. The number of methoxy groups -OCH3 is 1. The van der Waals surface area contributed by atoms with Gasteiger partial charge in [-0.25, -0.2) is 4.39 Å². The summed E-state index contributed by atoms with van der Waals surface area (Å²) in [6, 6.07) is 16.1. The first-order valence-electron chi connectivity index (χ1n) is 8.62. The van der Waals surface area contributed by atoms with Crippen molar-refractivity contribution in [1.82, 2.24) is 4.68 Å². The highest BCUT2D eigenvalue weighted by atomic mass is 19.1. The number of carbonyl (C=O) groups is 2. The van der Waals surface area contributed by atoms with E-state index in [1.807, 2.05) is 0 Å². The Balaban J connectivity index is 1.98. The van der Waals surface area contributed by atoms with Crippen LogP contribution in [-0.2, 0) is 11.2 Å². The van der Waals surface area contributed by atoms with E-state index in [1.165, 1.54) is 23.9 Å². The lowest BCUT2D eigenvalue weighted by Gasteiger charge is -2.16. The molecule has 0 unspecified atom stereocenters. The van der Waals surface area contributed by atoms with Gasteiger partial charge in [-0.2, -0.15) is 0 Å². The summed E-state index contributed by atoms with van der Waals surface area (Å²) in [4.78, 5) is 23.8. The number of benzene rings is 2. The quantitative estimate of drug-likeness (QED) is 0.653. The number of rotatable bonds is 7. The lowest BCUT2D eigenvalue weighted by molar-refractivity contribution is -0.136. The summed E-state index contributed by atoms with van der Waals surface area (Å²) in [6.07, 6.45) is 0.139. The first-order chi connectivity index (χ1) is 13.5. The van der Waals surface area contributed by atoms with Crippen LogP contribution in [0.5, 0.6) is 5.75 Å². The van der Waals surface area contributed by atoms with Crippen LogP contribution in [0.2, 0.25) is 0 Å². The summed E-state index contributed by atoms with van der Waals surface area (Å²) in [5.74, 6) is -1.30. The van der Waals surface area contributed by atoms with E-state index in [4.69, 9.17) is 9.84 Å². The van der Waals surface area contributed by atoms with Crippen LogP contribution in [0.15, 0.2) is 60.7 Å². The molecule has 0 bridgehead atoms. The molecule has 3 aromatic rings. The summed E-state index contributed by atoms with van der Waals surface area (Å²) in [5.41, 5.74) is 5.05. The van der Waals surface area contributed by atoms with Gasteiger partial charge in [0.25, 0.3) is 5.91 Å². The molecule has 3 rings (SSSR count). The molecular weight excluding hydrogens is 363 g/mol. The Bertz CT molecular complexity index is 996. The maximum atomic E-state index is 13.3. The van der Waals surface area contributed by atoms with Crippen molar-refractivity contribution >= 4 is 11.9 Å². The van der Waals surface area contributed by atoms with Crippen molar-refractivity contribution < 1.29 is 23.8 Å². The Morgan fingerprint density at radius 3 is 2.46 bits per heavy atom. The van der Waals surface area contributed by atoms with Gasteiger partial charge < -0.3 is 9.84 Å². The third kappa shape index (κ3) is 4.20. The van der Waals surface area contributed by atoms with Gasteiger partial charge in [0.05, 0.1) is 24.8 Å². The number of hydrogen-bond acceptors (Lipinski definition) is 3. The Kier molecular flexibility index (Phi) is 5.74. The SMILES string of the molecule is COc1ccccc1C(=O)Nn1c(CCC(=O)O)ccc1-c1ccc(F)cc1. The van der Waals surface area contributed by atoms with Crippen LogP contribution >= 0.6 is 0 Å². The maximum Gasteiger partial charge on any atom is 0.303 e. The van der Waals surface area contributed by atoms with E-state index in [2.05, 4.69) is 5.43 Å². The largest absolute Gasteiger partial charge is 0.496 e. The van der Waals surface area contributed by atoms with Gasteiger partial charge in [-0.1, -0.05) is 12.1 Å². The third-order valence-corrected chi connectivity index (χ3v) is 4.26. The van der Waals surface area contributed by atoms with Crippen molar-refractivity contribution in [3.05, 3.63) is 77.7 Å². The van der Waals surface area contributed by atoms with E-state index in [0.717, 1.165) is 0 Å². The van der Waals surface area contributed by atoms with Gasteiger partial charge in [0.2, 0.25) is 0 Å². The molecule has 0 radical (unpaired) electrons. The number of halogens is 1. The zero-order valence-corrected chi connectivity index (χ0v) is 15.2. The third-order valence-electron chi connectivity index (χ3n) is 4.26. The maximum absolute atomic E-state index is 13.3. The number of ether oxygens (including phenoxy) is 1. The average Bonchev–Trinajstić information content (AvgIpc) is 3.09. The number of aryl methyl sites for hydroxylation is 1. The molecular formula is C21H19FN2O4. The number of carbonyl (C=O) groups excluding carboxylic acids is 1. The summed E-state index contributed by atoms with van der Waals surface area (Å²) in [6.45, 7) is 0. The predicted molar refractivity (Wildman–Crippen MR) is 102 cm³/mol. The molecule has 2 aromatic carbocycles. The highest BCUT2D eigenvalue weighted by Crippen LogP contribution is 2.24. The summed E-state index contributed by atoms with van der Waals surface area (Å²) in [5, 5.41) is 8.99. The lowest BCUT2D eigenvalue weighted by Crippen LogP contribution is -2.26. The molecule has 0 fully saturated rings. The molecule has 0 aliphatic carbocycles. The number of carboxylic acid groups (broad SMARTS) is 1. The Morgan fingerprint density at radius 1 is 1.07 bits per heavy atom. The number of nitrogens with one attached hydrogen (secondary N) is 1. The van der Waals surface area contributed by atoms with Crippen LogP contribution in [0.3, 0.4) is 0 Å². The van der Waals surface area contributed by atoms with E-state index in [1.54, 1.807) is 48.5 Å². The van der Waals surface area contributed by atoms with Gasteiger partial charge in [-0.05, 0) is 48.5 Å². The van der Waals surface area contributed by atoms with E-state index in [-0.39, 0.29) is 18.7 Å². The number of aliphatic carboxylic acids is 1. The fourth-order valence-electron chi connectivity index (χ4n) is 2.88. The second-order valence-electron chi connectivity index (χ2n) is 6.09. The van der Waals surface area contributed by atoms with Crippen LogP contribution in [0.4, 0.5) is 4.39 Å². The van der Waals surface area contributed by atoms with E-state index < -0.39 is 11.9 Å². The zero-order valence-electron chi connectivity index (χ0n) is 15.2.